The first kappa shape index (κ1) is 14.2. The summed E-state index contributed by atoms with van der Waals surface area (Å²) in [5, 5.41) is 0. The van der Waals surface area contributed by atoms with Crippen LogP contribution in [0.4, 0.5) is 5.82 Å². The lowest BCUT2D eigenvalue weighted by atomic mass is 10.2. The molecule has 0 saturated carbocycles. The molecule has 0 spiro atoms. The number of anilines is 1. The van der Waals surface area contributed by atoms with Gasteiger partial charge in [0.05, 0.1) is 6.33 Å². The summed E-state index contributed by atoms with van der Waals surface area (Å²) in [6.45, 7) is 10.0. The topological polar surface area (TPSA) is 57.7 Å². The van der Waals surface area contributed by atoms with Gasteiger partial charge in [-0.3, -0.25) is 0 Å². The van der Waals surface area contributed by atoms with Crippen molar-refractivity contribution in [3.8, 4) is 0 Å². The van der Waals surface area contributed by atoms with Crippen LogP contribution < -0.4 is 4.90 Å². The van der Waals surface area contributed by atoms with Gasteiger partial charge in [-0.1, -0.05) is 23.3 Å². The molecule has 2 heterocycles. The van der Waals surface area contributed by atoms with E-state index in [0.29, 0.717) is 5.65 Å². The van der Waals surface area contributed by atoms with Crippen LogP contribution >= 0.6 is 0 Å². The monoisotopic (exact) mass is 271 g/mol. The Labute approximate surface area is 119 Å². The van der Waals surface area contributed by atoms with Crippen molar-refractivity contribution in [3.63, 3.8) is 0 Å². The predicted molar refractivity (Wildman–Crippen MR) is 82.8 cm³/mol. The quantitative estimate of drug-likeness (QED) is 0.849. The Morgan fingerprint density at radius 1 is 1.05 bits per heavy atom. The number of hydrogen-bond acceptors (Lipinski definition) is 4. The molecule has 2 aromatic heterocycles. The van der Waals surface area contributed by atoms with Gasteiger partial charge in [-0.15, -0.1) is 0 Å². The first-order valence-corrected chi connectivity index (χ1v) is 6.73. The van der Waals surface area contributed by atoms with Crippen LogP contribution in [0.1, 0.15) is 27.7 Å². The van der Waals surface area contributed by atoms with E-state index in [1.807, 2.05) is 0 Å². The van der Waals surface area contributed by atoms with E-state index in [0.717, 1.165) is 24.4 Å². The molecule has 0 fully saturated rings. The molecule has 0 radical (unpaired) electrons. The number of imidazole rings is 1. The molecule has 0 aliphatic carbocycles. The summed E-state index contributed by atoms with van der Waals surface area (Å²) in [5.74, 6) is 0.891. The largest absolute Gasteiger partial charge is 0.347 e. The molecule has 0 aliphatic heterocycles. The van der Waals surface area contributed by atoms with Crippen LogP contribution in [0, 0.1) is 0 Å². The Morgan fingerprint density at radius 2 is 1.70 bits per heavy atom. The predicted octanol–water partition coefficient (Wildman–Crippen LogP) is 3.09. The van der Waals surface area contributed by atoms with Gasteiger partial charge in [0.2, 0.25) is 0 Å². The molecule has 106 valence electrons. The summed E-state index contributed by atoms with van der Waals surface area (Å²) >= 11 is 0. The summed E-state index contributed by atoms with van der Waals surface area (Å²) in [6.07, 6.45) is 7.62. The Bertz CT molecular complexity index is 611. The average molecular weight is 271 g/mol. The number of H-pyrrole nitrogens is 1. The van der Waals surface area contributed by atoms with E-state index in [2.05, 4.69) is 64.7 Å². The fourth-order valence-electron chi connectivity index (χ4n) is 1.83. The third-order valence-corrected chi connectivity index (χ3v) is 2.94. The number of aromatic amines is 1. The molecule has 20 heavy (non-hydrogen) atoms. The SMILES string of the molecule is CC(C)=CCN(CC=C(C)C)c1ncnc2nc[nH]c12. The number of fused-ring (bicyclic) bond motifs is 1. The van der Waals surface area contributed by atoms with Crippen molar-refractivity contribution in [1.29, 1.82) is 0 Å². The molecule has 2 aromatic rings. The van der Waals surface area contributed by atoms with Crippen molar-refractivity contribution in [2.75, 3.05) is 18.0 Å². The highest BCUT2D eigenvalue weighted by Crippen LogP contribution is 2.19. The van der Waals surface area contributed by atoms with Gasteiger partial charge in [0.25, 0.3) is 0 Å². The lowest BCUT2D eigenvalue weighted by Gasteiger charge is -2.21. The van der Waals surface area contributed by atoms with E-state index < -0.39 is 0 Å². The number of aromatic nitrogens is 4. The Balaban J connectivity index is 2.36. The summed E-state index contributed by atoms with van der Waals surface area (Å²) in [6, 6.07) is 0. The maximum absolute atomic E-state index is 4.42. The van der Waals surface area contributed by atoms with Crippen molar-refractivity contribution >= 4 is 17.0 Å². The molecule has 0 unspecified atom stereocenters. The zero-order valence-corrected chi connectivity index (χ0v) is 12.5. The minimum atomic E-state index is 0.703. The van der Waals surface area contributed by atoms with E-state index in [4.69, 9.17) is 0 Å². The number of nitrogens with one attached hydrogen (secondary N) is 1. The first-order valence-electron chi connectivity index (χ1n) is 6.73. The Hall–Kier alpha value is -2.17. The Kier molecular flexibility index (Phi) is 4.50. The van der Waals surface area contributed by atoms with Gasteiger partial charge in [0, 0.05) is 13.1 Å². The number of nitrogens with zero attached hydrogens (tertiary/aromatic N) is 4. The fraction of sp³-hybridized carbons (Fsp3) is 0.400. The standard InChI is InChI=1S/C15H21N5/c1-11(2)5-7-20(8-6-12(3)4)15-13-14(17-9-16-13)18-10-19-15/h5-6,9-10H,7-8H2,1-4H3,(H,16,17,18,19). The molecule has 0 aliphatic rings. The van der Waals surface area contributed by atoms with Gasteiger partial charge < -0.3 is 9.88 Å². The van der Waals surface area contributed by atoms with Gasteiger partial charge in [0.1, 0.15) is 11.8 Å². The number of allylic oxidation sites excluding steroid dienone is 2. The van der Waals surface area contributed by atoms with E-state index in [1.165, 1.54) is 11.1 Å². The van der Waals surface area contributed by atoms with Gasteiger partial charge >= 0.3 is 0 Å². The highest BCUT2D eigenvalue weighted by atomic mass is 15.2. The molecule has 0 aromatic carbocycles. The molecule has 0 bridgehead atoms. The average Bonchev–Trinajstić information content (AvgIpc) is 2.86. The first-order chi connectivity index (χ1) is 9.58. The third-order valence-electron chi connectivity index (χ3n) is 2.94. The molecule has 5 nitrogen and oxygen atoms in total. The maximum Gasteiger partial charge on any atom is 0.182 e. The maximum atomic E-state index is 4.42. The van der Waals surface area contributed by atoms with Crippen molar-refractivity contribution < 1.29 is 0 Å². The zero-order chi connectivity index (χ0) is 14.5. The zero-order valence-electron chi connectivity index (χ0n) is 12.5. The highest BCUT2D eigenvalue weighted by molar-refractivity contribution is 5.82. The molecule has 0 saturated heterocycles. The van der Waals surface area contributed by atoms with Crippen molar-refractivity contribution in [3.05, 3.63) is 36.0 Å². The van der Waals surface area contributed by atoms with Gasteiger partial charge in [-0.25, -0.2) is 15.0 Å². The minimum absolute atomic E-state index is 0.703. The second-order valence-electron chi connectivity index (χ2n) is 5.27. The van der Waals surface area contributed by atoms with Crippen LogP contribution in [-0.2, 0) is 0 Å². The summed E-state index contributed by atoms with van der Waals surface area (Å²) < 4.78 is 0. The molecule has 0 atom stereocenters. The number of hydrogen-bond donors (Lipinski definition) is 1. The molecule has 5 heteroatoms. The van der Waals surface area contributed by atoms with Crippen LogP contribution in [-0.4, -0.2) is 33.0 Å². The Morgan fingerprint density at radius 3 is 2.30 bits per heavy atom. The van der Waals surface area contributed by atoms with E-state index >= 15 is 0 Å². The van der Waals surface area contributed by atoms with Crippen LogP contribution in [0.25, 0.3) is 11.2 Å². The normalized spacial score (nSPS) is 10.4. The molecular formula is C15H21N5. The summed E-state index contributed by atoms with van der Waals surface area (Å²) in [5.41, 5.74) is 4.18. The van der Waals surface area contributed by atoms with E-state index in [-0.39, 0.29) is 0 Å². The van der Waals surface area contributed by atoms with Gasteiger partial charge in [0.15, 0.2) is 11.5 Å². The molecule has 0 amide bonds. The fourth-order valence-corrected chi connectivity index (χ4v) is 1.83. The van der Waals surface area contributed by atoms with Crippen LogP contribution in [0.3, 0.4) is 0 Å². The molecular weight excluding hydrogens is 250 g/mol. The van der Waals surface area contributed by atoms with Crippen molar-refractivity contribution in [2.24, 2.45) is 0 Å². The van der Waals surface area contributed by atoms with Crippen LogP contribution in [0.2, 0.25) is 0 Å². The minimum Gasteiger partial charge on any atom is -0.347 e. The van der Waals surface area contributed by atoms with Crippen molar-refractivity contribution in [2.45, 2.75) is 27.7 Å². The van der Waals surface area contributed by atoms with Gasteiger partial charge in [-0.05, 0) is 27.7 Å². The summed E-state index contributed by atoms with van der Waals surface area (Å²) in [7, 11) is 0. The van der Waals surface area contributed by atoms with E-state index in [9.17, 15) is 0 Å². The third kappa shape index (κ3) is 3.44. The highest BCUT2D eigenvalue weighted by Gasteiger charge is 2.12. The van der Waals surface area contributed by atoms with E-state index in [1.54, 1.807) is 12.7 Å². The second-order valence-corrected chi connectivity index (χ2v) is 5.27. The molecule has 1 N–H and O–H groups in total. The lowest BCUT2D eigenvalue weighted by molar-refractivity contribution is 0.913. The summed E-state index contributed by atoms with van der Waals surface area (Å²) in [4.78, 5) is 18.1. The van der Waals surface area contributed by atoms with Crippen LogP contribution in [0.5, 0.6) is 0 Å². The van der Waals surface area contributed by atoms with Crippen molar-refractivity contribution in [1.82, 2.24) is 19.9 Å². The second kappa shape index (κ2) is 6.32. The van der Waals surface area contributed by atoms with Crippen LogP contribution in [0.15, 0.2) is 36.0 Å². The number of rotatable bonds is 5. The lowest BCUT2D eigenvalue weighted by Crippen LogP contribution is -2.25. The molecule has 2 rings (SSSR count). The van der Waals surface area contributed by atoms with Gasteiger partial charge in [-0.2, -0.15) is 0 Å². The smallest absolute Gasteiger partial charge is 0.182 e.